The number of alkyl halides is 1. The number of rotatable bonds is 1. The molecule has 0 saturated carbocycles. The zero-order valence-electron chi connectivity index (χ0n) is 5.37. The van der Waals surface area contributed by atoms with Crippen LogP contribution in [-0.2, 0) is 5.33 Å². The van der Waals surface area contributed by atoms with Gasteiger partial charge >= 0.3 is 0 Å². The van der Waals surface area contributed by atoms with E-state index in [2.05, 4.69) is 31.9 Å². The van der Waals surface area contributed by atoms with Gasteiger partial charge in [0.05, 0.1) is 3.57 Å². The predicted octanol–water partition coefficient (Wildman–Crippen LogP) is 4.09. The normalized spacial score (nSPS) is 10.2. The standard InChI is InChI=1S/C7H4Br2FI/c8-3-4-1-2-5(10)7(11)6(4)9/h1-2H,3H2. The van der Waals surface area contributed by atoms with Crippen LogP contribution in [0.4, 0.5) is 4.39 Å². The molecule has 0 aromatic heterocycles. The van der Waals surface area contributed by atoms with Crippen LogP contribution in [0.3, 0.4) is 0 Å². The second kappa shape index (κ2) is 4.18. The van der Waals surface area contributed by atoms with Crippen LogP contribution in [0.2, 0.25) is 0 Å². The van der Waals surface area contributed by atoms with Crippen LogP contribution in [0.15, 0.2) is 16.6 Å². The van der Waals surface area contributed by atoms with E-state index in [-0.39, 0.29) is 5.82 Å². The van der Waals surface area contributed by atoms with Crippen molar-refractivity contribution in [3.63, 3.8) is 0 Å². The lowest BCUT2D eigenvalue weighted by molar-refractivity contribution is 0.618. The molecule has 0 spiro atoms. The fraction of sp³-hybridized carbons (Fsp3) is 0.143. The topological polar surface area (TPSA) is 0 Å². The Morgan fingerprint density at radius 3 is 2.64 bits per heavy atom. The number of benzene rings is 1. The highest BCUT2D eigenvalue weighted by molar-refractivity contribution is 14.1. The second-order valence-electron chi connectivity index (χ2n) is 1.97. The van der Waals surface area contributed by atoms with Crippen LogP contribution in [-0.4, -0.2) is 0 Å². The molecule has 60 valence electrons. The van der Waals surface area contributed by atoms with Gasteiger partial charge in [-0.25, -0.2) is 4.39 Å². The van der Waals surface area contributed by atoms with Crippen molar-refractivity contribution in [2.75, 3.05) is 0 Å². The Kier molecular flexibility index (Phi) is 3.77. The van der Waals surface area contributed by atoms with E-state index in [0.717, 1.165) is 15.4 Å². The van der Waals surface area contributed by atoms with Gasteiger partial charge in [-0.05, 0) is 50.2 Å². The molecule has 1 rings (SSSR count). The number of halogens is 4. The molecule has 0 aliphatic rings. The molecule has 0 aliphatic carbocycles. The van der Waals surface area contributed by atoms with Crippen molar-refractivity contribution >= 4 is 54.5 Å². The molecule has 0 heterocycles. The van der Waals surface area contributed by atoms with Crippen molar-refractivity contribution in [1.82, 2.24) is 0 Å². The van der Waals surface area contributed by atoms with Crippen molar-refractivity contribution in [2.45, 2.75) is 5.33 Å². The third kappa shape index (κ3) is 2.15. The SMILES string of the molecule is Fc1ccc(CBr)c(Br)c1I. The van der Waals surface area contributed by atoms with E-state index in [4.69, 9.17) is 0 Å². The van der Waals surface area contributed by atoms with Gasteiger partial charge in [0, 0.05) is 9.80 Å². The summed E-state index contributed by atoms with van der Waals surface area (Å²) in [6.07, 6.45) is 0. The molecule has 4 heteroatoms. The Morgan fingerprint density at radius 1 is 1.45 bits per heavy atom. The van der Waals surface area contributed by atoms with Crippen LogP contribution < -0.4 is 0 Å². The second-order valence-corrected chi connectivity index (χ2v) is 4.40. The molecule has 0 N–H and O–H groups in total. The minimum atomic E-state index is -0.179. The molecule has 0 bridgehead atoms. The molecule has 0 amide bonds. The van der Waals surface area contributed by atoms with E-state index < -0.39 is 0 Å². The minimum absolute atomic E-state index is 0.179. The van der Waals surface area contributed by atoms with Crippen LogP contribution in [0.25, 0.3) is 0 Å². The summed E-state index contributed by atoms with van der Waals surface area (Å²) in [5.74, 6) is -0.179. The first-order valence-electron chi connectivity index (χ1n) is 2.85. The maximum Gasteiger partial charge on any atom is 0.137 e. The van der Waals surface area contributed by atoms with Crippen molar-refractivity contribution in [3.8, 4) is 0 Å². The van der Waals surface area contributed by atoms with Gasteiger partial charge in [0.1, 0.15) is 5.82 Å². The Labute approximate surface area is 95.0 Å². The van der Waals surface area contributed by atoms with Crippen molar-refractivity contribution in [2.24, 2.45) is 0 Å². The lowest BCUT2D eigenvalue weighted by atomic mass is 10.2. The van der Waals surface area contributed by atoms with Crippen molar-refractivity contribution in [1.29, 1.82) is 0 Å². The smallest absolute Gasteiger partial charge is 0.137 e. The predicted molar refractivity (Wildman–Crippen MR) is 59.4 cm³/mol. The summed E-state index contributed by atoms with van der Waals surface area (Å²) < 4.78 is 14.3. The van der Waals surface area contributed by atoms with E-state index in [1.165, 1.54) is 6.07 Å². The summed E-state index contributed by atoms with van der Waals surface area (Å²) >= 11 is 8.60. The summed E-state index contributed by atoms with van der Waals surface area (Å²) in [5, 5.41) is 0.740. The van der Waals surface area contributed by atoms with Gasteiger partial charge in [0.15, 0.2) is 0 Å². The third-order valence-electron chi connectivity index (χ3n) is 1.26. The van der Waals surface area contributed by atoms with Gasteiger partial charge < -0.3 is 0 Å². The van der Waals surface area contributed by atoms with E-state index in [1.807, 2.05) is 22.6 Å². The summed E-state index contributed by atoms with van der Waals surface area (Å²) in [4.78, 5) is 0. The van der Waals surface area contributed by atoms with Gasteiger partial charge in [0.25, 0.3) is 0 Å². The van der Waals surface area contributed by atoms with Gasteiger partial charge in [0.2, 0.25) is 0 Å². The molecule has 0 radical (unpaired) electrons. The first-order chi connectivity index (χ1) is 5.16. The van der Waals surface area contributed by atoms with E-state index in [9.17, 15) is 4.39 Å². The summed E-state index contributed by atoms with van der Waals surface area (Å²) in [6.45, 7) is 0. The molecule has 0 atom stereocenters. The van der Waals surface area contributed by atoms with Crippen LogP contribution in [0.5, 0.6) is 0 Å². The lowest BCUT2D eigenvalue weighted by Gasteiger charge is -2.02. The van der Waals surface area contributed by atoms with Crippen LogP contribution in [0, 0.1) is 9.39 Å². The van der Waals surface area contributed by atoms with Crippen molar-refractivity contribution < 1.29 is 4.39 Å². The molecular formula is C7H4Br2FI. The first-order valence-corrected chi connectivity index (χ1v) is 5.84. The average molecular weight is 394 g/mol. The Hall–Kier alpha value is 0.840. The highest BCUT2D eigenvalue weighted by Crippen LogP contribution is 2.27. The van der Waals surface area contributed by atoms with E-state index in [0.29, 0.717) is 3.57 Å². The number of hydrogen-bond donors (Lipinski definition) is 0. The highest BCUT2D eigenvalue weighted by atomic mass is 127. The molecule has 11 heavy (non-hydrogen) atoms. The fourth-order valence-electron chi connectivity index (χ4n) is 0.669. The molecule has 1 aromatic carbocycles. The minimum Gasteiger partial charge on any atom is -0.206 e. The zero-order valence-corrected chi connectivity index (χ0v) is 10.7. The molecular weight excluding hydrogens is 390 g/mol. The molecule has 0 aliphatic heterocycles. The zero-order chi connectivity index (χ0) is 8.43. The molecule has 0 saturated heterocycles. The third-order valence-corrected chi connectivity index (χ3v) is 4.56. The van der Waals surface area contributed by atoms with E-state index >= 15 is 0 Å². The maximum absolute atomic E-state index is 12.8. The average Bonchev–Trinajstić information content (AvgIpc) is 2.01. The van der Waals surface area contributed by atoms with Crippen LogP contribution >= 0.6 is 54.5 Å². The lowest BCUT2D eigenvalue weighted by Crippen LogP contribution is -1.88. The Morgan fingerprint density at radius 2 is 2.09 bits per heavy atom. The quantitative estimate of drug-likeness (QED) is 0.383. The Balaban J connectivity index is 3.25. The van der Waals surface area contributed by atoms with Crippen molar-refractivity contribution in [3.05, 3.63) is 31.6 Å². The monoisotopic (exact) mass is 392 g/mol. The molecule has 1 aromatic rings. The van der Waals surface area contributed by atoms with E-state index in [1.54, 1.807) is 6.07 Å². The highest BCUT2D eigenvalue weighted by Gasteiger charge is 2.06. The molecule has 0 unspecified atom stereocenters. The summed E-state index contributed by atoms with van der Waals surface area (Å²) in [7, 11) is 0. The maximum atomic E-state index is 12.8. The summed E-state index contributed by atoms with van der Waals surface area (Å²) in [5.41, 5.74) is 1.07. The van der Waals surface area contributed by atoms with Crippen LogP contribution in [0.1, 0.15) is 5.56 Å². The first kappa shape index (κ1) is 9.92. The number of hydrogen-bond acceptors (Lipinski definition) is 0. The molecule has 0 fully saturated rings. The summed E-state index contributed by atoms with van der Waals surface area (Å²) in [6, 6.07) is 3.24. The van der Waals surface area contributed by atoms with Gasteiger partial charge in [-0.2, -0.15) is 0 Å². The van der Waals surface area contributed by atoms with Gasteiger partial charge in [-0.1, -0.05) is 22.0 Å². The fourth-order valence-corrected chi connectivity index (χ4v) is 2.50. The molecule has 0 nitrogen and oxygen atoms in total. The Bertz CT molecular complexity index is 275. The van der Waals surface area contributed by atoms with Gasteiger partial charge in [-0.3, -0.25) is 0 Å². The van der Waals surface area contributed by atoms with Gasteiger partial charge in [-0.15, -0.1) is 0 Å². The largest absolute Gasteiger partial charge is 0.206 e.